The fourth-order valence-electron chi connectivity index (χ4n) is 2.43. The third kappa shape index (κ3) is 9.22. The molecule has 0 unspecified atom stereocenters. The highest BCUT2D eigenvalue weighted by atomic mass is 32.2. The van der Waals surface area contributed by atoms with Crippen LogP contribution in [0.4, 0.5) is 0 Å². The van der Waals surface area contributed by atoms with E-state index in [0.717, 1.165) is 31.7 Å². The van der Waals surface area contributed by atoms with Crippen LogP contribution in [0, 0.1) is 5.92 Å². The first-order valence-corrected chi connectivity index (χ1v) is 9.91. The van der Waals surface area contributed by atoms with E-state index in [9.17, 15) is 8.42 Å². The molecule has 1 rings (SSSR count). The van der Waals surface area contributed by atoms with Crippen molar-refractivity contribution < 1.29 is 8.42 Å². The van der Waals surface area contributed by atoms with Gasteiger partial charge in [-0.3, -0.25) is 4.99 Å². The van der Waals surface area contributed by atoms with E-state index in [0.29, 0.717) is 19.0 Å². The van der Waals surface area contributed by atoms with Crippen LogP contribution in [0.1, 0.15) is 26.2 Å². The van der Waals surface area contributed by atoms with Gasteiger partial charge in [0.1, 0.15) is 0 Å². The zero-order chi connectivity index (χ0) is 16.4. The van der Waals surface area contributed by atoms with E-state index in [1.807, 2.05) is 0 Å². The average Bonchev–Trinajstić information content (AvgIpc) is 2.46. The van der Waals surface area contributed by atoms with Crippen molar-refractivity contribution in [2.75, 3.05) is 52.6 Å². The van der Waals surface area contributed by atoms with Crippen LogP contribution < -0.4 is 15.4 Å². The van der Waals surface area contributed by atoms with Gasteiger partial charge in [0.25, 0.3) is 0 Å². The molecule has 1 aliphatic heterocycles. The summed E-state index contributed by atoms with van der Waals surface area (Å²) in [5.41, 5.74) is 0. The lowest BCUT2D eigenvalue weighted by Gasteiger charge is -2.30. The molecule has 3 N–H and O–H groups in total. The quantitative estimate of drug-likeness (QED) is 0.326. The third-order valence-electron chi connectivity index (χ3n) is 3.83. The summed E-state index contributed by atoms with van der Waals surface area (Å²) in [6.45, 7) is 7.60. The molecule has 130 valence electrons. The van der Waals surface area contributed by atoms with Crippen molar-refractivity contribution in [1.82, 2.24) is 20.3 Å². The average molecular weight is 334 g/mol. The van der Waals surface area contributed by atoms with Crippen molar-refractivity contribution in [2.45, 2.75) is 26.2 Å². The molecule has 0 atom stereocenters. The van der Waals surface area contributed by atoms with E-state index >= 15 is 0 Å². The standard InChI is InChI=1S/C14H31N5O2S/c1-13-5-11-19(12-6-13)10-4-7-16-14(15-2)17-8-9-18-22(3,20)21/h13,18H,4-12H2,1-3H3,(H2,15,16,17). The van der Waals surface area contributed by atoms with Crippen molar-refractivity contribution in [2.24, 2.45) is 10.9 Å². The molecule has 1 saturated heterocycles. The Bertz CT molecular complexity index is 431. The number of nitrogens with zero attached hydrogens (tertiary/aromatic N) is 2. The second kappa shape index (κ2) is 10.0. The summed E-state index contributed by atoms with van der Waals surface area (Å²) in [7, 11) is -1.41. The van der Waals surface area contributed by atoms with Crippen LogP contribution >= 0.6 is 0 Å². The molecule has 0 aromatic carbocycles. The second-order valence-electron chi connectivity index (χ2n) is 5.97. The first-order chi connectivity index (χ1) is 10.4. The van der Waals surface area contributed by atoms with Crippen LogP contribution in [0.15, 0.2) is 4.99 Å². The van der Waals surface area contributed by atoms with Crippen LogP contribution in [-0.4, -0.2) is 71.8 Å². The normalized spacial score (nSPS) is 18.4. The maximum Gasteiger partial charge on any atom is 0.208 e. The molecule has 1 fully saturated rings. The highest BCUT2D eigenvalue weighted by Gasteiger charge is 2.14. The molecule has 0 spiro atoms. The molecule has 0 aliphatic carbocycles. The van der Waals surface area contributed by atoms with Gasteiger partial charge in [0, 0.05) is 26.7 Å². The fraction of sp³-hybridized carbons (Fsp3) is 0.929. The smallest absolute Gasteiger partial charge is 0.208 e. The van der Waals surface area contributed by atoms with E-state index in [1.165, 1.54) is 25.9 Å². The molecule has 8 heteroatoms. The largest absolute Gasteiger partial charge is 0.356 e. The Labute approximate surface area is 135 Å². The number of sulfonamides is 1. The highest BCUT2D eigenvalue weighted by Crippen LogP contribution is 2.15. The van der Waals surface area contributed by atoms with Gasteiger partial charge in [-0.1, -0.05) is 6.92 Å². The van der Waals surface area contributed by atoms with Crippen LogP contribution in [0.2, 0.25) is 0 Å². The third-order valence-corrected chi connectivity index (χ3v) is 4.55. The van der Waals surface area contributed by atoms with Gasteiger partial charge in [0.05, 0.1) is 6.26 Å². The SMILES string of the molecule is CN=C(NCCCN1CCC(C)CC1)NCCNS(C)(=O)=O. The zero-order valence-corrected chi connectivity index (χ0v) is 14.9. The van der Waals surface area contributed by atoms with Crippen molar-refractivity contribution in [3.63, 3.8) is 0 Å². The first kappa shape index (κ1) is 19.2. The predicted molar refractivity (Wildman–Crippen MR) is 91.7 cm³/mol. The summed E-state index contributed by atoms with van der Waals surface area (Å²) in [6, 6.07) is 0. The van der Waals surface area contributed by atoms with Crippen molar-refractivity contribution in [3.8, 4) is 0 Å². The molecular formula is C14H31N5O2S. The first-order valence-electron chi connectivity index (χ1n) is 8.02. The van der Waals surface area contributed by atoms with Gasteiger partial charge in [-0.25, -0.2) is 13.1 Å². The molecule has 0 saturated carbocycles. The Hall–Kier alpha value is -0.860. The number of likely N-dealkylation sites (tertiary alicyclic amines) is 1. The van der Waals surface area contributed by atoms with Gasteiger partial charge < -0.3 is 15.5 Å². The summed E-state index contributed by atoms with van der Waals surface area (Å²) >= 11 is 0. The number of hydrogen-bond donors (Lipinski definition) is 3. The lowest BCUT2D eigenvalue weighted by Crippen LogP contribution is -2.42. The molecular weight excluding hydrogens is 302 g/mol. The Morgan fingerprint density at radius 2 is 1.82 bits per heavy atom. The van der Waals surface area contributed by atoms with Crippen molar-refractivity contribution in [1.29, 1.82) is 0 Å². The van der Waals surface area contributed by atoms with Crippen molar-refractivity contribution >= 4 is 16.0 Å². The van der Waals surface area contributed by atoms with Gasteiger partial charge in [-0.15, -0.1) is 0 Å². The van der Waals surface area contributed by atoms with Gasteiger partial charge in [0.2, 0.25) is 10.0 Å². The molecule has 22 heavy (non-hydrogen) atoms. The number of aliphatic imine (C=N–C) groups is 1. The zero-order valence-electron chi connectivity index (χ0n) is 14.1. The van der Waals surface area contributed by atoms with Crippen LogP contribution in [-0.2, 0) is 10.0 Å². The van der Waals surface area contributed by atoms with E-state index in [-0.39, 0.29) is 0 Å². The Kier molecular flexibility index (Phi) is 8.74. The minimum absolute atomic E-state index is 0.353. The summed E-state index contributed by atoms with van der Waals surface area (Å²) in [6.07, 6.45) is 4.85. The Balaban J connectivity index is 2.06. The topological polar surface area (TPSA) is 85.8 Å². The van der Waals surface area contributed by atoms with Gasteiger partial charge in [-0.05, 0) is 44.8 Å². The van der Waals surface area contributed by atoms with Crippen LogP contribution in [0.25, 0.3) is 0 Å². The summed E-state index contributed by atoms with van der Waals surface area (Å²) < 4.78 is 24.3. The highest BCUT2D eigenvalue weighted by molar-refractivity contribution is 7.88. The monoisotopic (exact) mass is 333 g/mol. The lowest BCUT2D eigenvalue weighted by molar-refractivity contribution is 0.191. The van der Waals surface area contributed by atoms with Gasteiger partial charge >= 0.3 is 0 Å². The number of hydrogen-bond acceptors (Lipinski definition) is 4. The molecule has 1 aliphatic rings. The Morgan fingerprint density at radius 3 is 2.41 bits per heavy atom. The van der Waals surface area contributed by atoms with Crippen molar-refractivity contribution in [3.05, 3.63) is 0 Å². The molecule has 0 bridgehead atoms. The number of rotatable bonds is 8. The maximum absolute atomic E-state index is 10.9. The van der Waals surface area contributed by atoms with Gasteiger partial charge in [0.15, 0.2) is 5.96 Å². The van der Waals surface area contributed by atoms with Gasteiger partial charge in [-0.2, -0.15) is 0 Å². The number of nitrogens with one attached hydrogen (secondary N) is 3. The lowest BCUT2D eigenvalue weighted by atomic mass is 9.99. The molecule has 1 heterocycles. The van der Waals surface area contributed by atoms with E-state index in [4.69, 9.17) is 0 Å². The number of piperidine rings is 1. The summed E-state index contributed by atoms with van der Waals surface area (Å²) in [4.78, 5) is 6.64. The van der Waals surface area contributed by atoms with E-state index < -0.39 is 10.0 Å². The fourth-order valence-corrected chi connectivity index (χ4v) is 2.91. The molecule has 7 nitrogen and oxygen atoms in total. The minimum atomic E-state index is -3.12. The Morgan fingerprint density at radius 1 is 1.18 bits per heavy atom. The summed E-state index contributed by atoms with van der Waals surface area (Å²) in [5, 5.41) is 6.33. The minimum Gasteiger partial charge on any atom is -0.356 e. The molecule has 0 aromatic heterocycles. The molecule has 0 aromatic rings. The predicted octanol–water partition coefficient (Wildman–Crippen LogP) is -0.177. The molecule has 0 amide bonds. The number of guanidine groups is 1. The second-order valence-corrected chi connectivity index (χ2v) is 7.80. The van der Waals surface area contributed by atoms with E-state index in [2.05, 4.69) is 32.2 Å². The van der Waals surface area contributed by atoms with Crippen LogP contribution in [0.5, 0.6) is 0 Å². The molecule has 0 radical (unpaired) electrons. The van der Waals surface area contributed by atoms with E-state index in [1.54, 1.807) is 7.05 Å². The maximum atomic E-state index is 10.9. The summed E-state index contributed by atoms with van der Waals surface area (Å²) in [5.74, 6) is 1.58. The van der Waals surface area contributed by atoms with Crippen LogP contribution in [0.3, 0.4) is 0 Å².